The van der Waals surface area contributed by atoms with Crippen LogP contribution in [0.15, 0.2) is 29.2 Å². The van der Waals surface area contributed by atoms with Gasteiger partial charge < -0.3 is 9.92 Å². The first-order chi connectivity index (χ1) is 8.36. The van der Waals surface area contributed by atoms with E-state index in [4.69, 9.17) is 5.73 Å². The van der Waals surface area contributed by atoms with Crippen molar-refractivity contribution in [2.24, 2.45) is 5.73 Å². The molecular formula is C12H17NO4S. The molecule has 0 aliphatic carbocycles. The summed E-state index contributed by atoms with van der Waals surface area (Å²) in [5.74, 6) is -0.919. The lowest BCUT2D eigenvalue weighted by Gasteiger charge is -2.10. The normalized spacial score (nSPS) is 13.1. The highest BCUT2D eigenvalue weighted by molar-refractivity contribution is 7.87. The lowest BCUT2D eigenvalue weighted by molar-refractivity contribution is -0.135. The molecule has 18 heavy (non-hydrogen) atoms. The number of hydrogen-bond donors (Lipinski definition) is 1. The zero-order chi connectivity index (χ0) is 13.8. The summed E-state index contributed by atoms with van der Waals surface area (Å²) in [6.45, 7) is 3.68. The maximum atomic E-state index is 11.8. The zero-order valence-corrected chi connectivity index (χ0v) is 11.2. The van der Waals surface area contributed by atoms with E-state index >= 15 is 0 Å². The molecule has 1 aromatic rings. The fourth-order valence-corrected chi connectivity index (χ4v) is 2.26. The van der Waals surface area contributed by atoms with Crippen LogP contribution in [0.25, 0.3) is 0 Å². The van der Waals surface area contributed by atoms with E-state index in [-0.39, 0.29) is 4.90 Å². The Hall–Kier alpha value is -1.40. The van der Waals surface area contributed by atoms with Gasteiger partial charge in [0, 0.05) is 0 Å². The highest BCUT2D eigenvalue weighted by atomic mass is 32.2. The first-order valence-electron chi connectivity index (χ1n) is 5.67. The van der Waals surface area contributed by atoms with Gasteiger partial charge in [0.2, 0.25) is 0 Å². The SMILES string of the molecule is CCCC(N)C(=O)OS(=O)(=O)c1ccc(C)cc1. The van der Waals surface area contributed by atoms with E-state index in [1.807, 2.05) is 13.8 Å². The second-order valence-electron chi connectivity index (χ2n) is 4.06. The van der Waals surface area contributed by atoms with Gasteiger partial charge in [-0.1, -0.05) is 31.0 Å². The van der Waals surface area contributed by atoms with Crippen molar-refractivity contribution < 1.29 is 17.4 Å². The third-order valence-corrected chi connectivity index (χ3v) is 3.64. The van der Waals surface area contributed by atoms with Crippen molar-refractivity contribution >= 4 is 16.1 Å². The van der Waals surface area contributed by atoms with Crippen molar-refractivity contribution in [3.63, 3.8) is 0 Å². The Balaban J connectivity index is 2.82. The van der Waals surface area contributed by atoms with Crippen LogP contribution in [0.2, 0.25) is 0 Å². The van der Waals surface area contributed by atoms with E-state index in [2.05, 4.69) is 4.18 Å². The molecular weight excluding hydrogens is 254 g/mol. The van der Waals surface area contributed by atoms with Crippen molar-refractivity contribution in [3.8, 4) is 0 Å². The zero-order valence-electron chi connectivity index (χ0n) is 10.4. The molecule has 0 aliphatic heterocycles. The van der Waals surface area contributed by atoms with Crippen molar-refractivity contribution in [1.82, 2.24) is 0 Å². The quantitative estimate of drug-likeness (QED) is 0.817. The minimum Gasteiger partial charge on any atom is -0.341 e. The van der Waals surface area contributed by atoms with Crippen molar-refractivity contribution in [1.29, 1.82) is 0 Å². The second-order valence-corrected chi connectivity index (χ2v) is 5.61. The van der Waals surface area contributed by atoms with Crippen LogP contribution in [0.3, 0.4) is 0 Å². The summed E-state index contributed by atoms with van der Waals surface area (Å²) in [5.41, 5.74) is 6.42. The van der Waals surface area contributed by atoms with Crippen LogP contribution in [0.4, 0.5) is 0 Å². The van der Waals surface area contributed by atoms with Gasteiger partial charge in [0.15, 0.2) is 0 Å². The van der Waals surface area contributed by atoms with Crippen molar-refractivity contribution in [3.05, 3.63) is 29.8 Å². The average molecular weight is 271 g/mol. The highest BCUT2D eigenvalue weighted by Gasteiger charge is 2.23. The smallest absolute Gasteiger partial charge is 0.341 e. The Kier molecular flexibility index (Phi) is 4.86. The summed E-state index contributed by atoms with van der Waals surface area (Å²) in [5, 5.41) is 0. The lowest BCUT2D eigenvalue weighted by Crippen LogP contribution is -2.33. The molecule has 0 bridgehead atoms. The van der Waals surface area contributed by atoms with Gasteiger partial charge in [-0.15, -0.1) is 0 Å². The van der Waals surface area contributed by atoms with E-state index in [0.717, 1.165) is 5.56 Å². The van der Waals surface area contributed by atoms with Crippen LogP contribution >= 0.6 is 0 Å². The molecule has 0 radical (unpaired) electrons. The van der Waals surface area contributed by atoms with Gasteiger partial charge in [-0.2, -0.15) is 8.42 Å². The standard InChI is InChI=1S/C12H17NO4S/c1-3-4-11(13)12(14)17-18(15,16)10-7-5-9(2)6-8-10/h5-8,11H,3-4,13H2,1-2H3. The van der Waals surface area contributed by atoms with E-state index in [1.165, 1.54) is 12.1 Å². The molecule has 0 heterocycles. The molecule has 1 rings (SSSR count). The molecule has 0 aliphatic rings. The molecule has 6 heteroatoms. The van der Waals surface area contributed by atoms with E-state index < -0.39 is 22.1 Å². The Labute approximate surface area is 107 Å². The van der Waals surface area contributed by atoms with Gasteiger partial charge in [0.1, 0.15) is 10.9 Å². The molecule has 0 amide bonds. The van der Waals surface area contributed by atoms with Crippen LogP contribution in [0, 0.1) is 6.92 Å². The summed E-state index contributed by atoms with van der Waals surface area (Å²) < 4.78 is 28.0. The van der Waals surface area contributed by atoms with Gasteiger partial charge in [0.25, 0.3) is 0 Å². The number of hydrogen-bond acceptors (Lipinski definition) is 5. The largest absolute Gasteiger partial charge is 0.341 e. The summed E-state index contributed by atoms with van der Waals surface area (Å²) >= 11 is 0. The first-order valence-corrected chi connectivity index (χ1v) is 7.08. The monoisotopic (exact) mass is 271 g/mol. The fraction of sp³-hybridized carbons (Fsp3) is 0.417. The van der Waals surface area contributed by atoms with Crippen LogP contribution in [0.1, 0.15) is 25.3 Å². The number of carbonyl (C=O) groups is 1. The summed E-state index contributed by atoms with van der Waals surface area (Å²) in [7, 11) is -4.07. The second kappa shape index (κ2) is 5.97. The van der Waals surface area contributed by atoms with Gasteiger partial charge in [0.05, 0.1) is 0 Å². The summed E-state index contributed by atoms with van der Waals surface area (Å²) in [6, 6.07) is 5.14. The number of benzene rings is 1. The molecule has 1 atom stereocenters. The van der Waals surface area contributed by atoms with Gasteiger partial charge in [-0.25, -0.2) is 4.79 Å². The number of aryl methyl sites for hydroxylation is 1. The molecule has 2 N–H and O–H groups in total. The third-order valence-electron chi connectivity index (χ3n) is 2.40. The summed E-state index contributed by atoms with van der Waals surface area (Å²) in [4.78, 5) is 11.4. The molecule has 0 fully saturated rings. The maximum absolute atomic E-state index is 11.8. The molecule has 0 spiro atoms. The van der Waals surface area contributed by atoms with Crippen molar-refractivity contribution in [2.75, 3.05) is 0 Å². The summed E-state index contributed by atoms with van der Waals surface area (Å²) in [6.07, 6.45) is 1.07. The van der Waals surface area contributed by atoms with Crippen LogP contribution < -0.4 is 5.73 Å². The van der Waals surface area contributed by atoms with Crippen LogP contribution in [-0.2, 0) is 19.1 Å². The lowest BCUT2D eigenvalue weighted by atomic mass is 10.2. The Morgan fingerprint density at radius 2 is 1.89 bits per heavy atom. The molecule has 1 unspecified atom stereocenters. The Morgan fingerprint density at radius 1 is 1.33 bits per heavy atom. The first kappa shape index (κ1) is 14.7. The number of nitrogens with two attached hydrogens (primary N) is 1. The topological polar surface area (TPSA) is 86.5 Å². The van der Waals surface area contributed by atoms with Crippen LogP contribution in [-0.4, -0.2) is 20.4 Å². The van der Waals surface area contributed by atoms with Gasteiger partial charge in [-0.3, -0.25) is 0 Å². The predicted octanol–water partition coefficient (Wildman–Crippen LogP) is 1.35. The van der Waals surface area contributed by atoms with E-state index in [1.54, 1.807) is 12.1 Å². The molecule has 0 aromatic heterocycles. The highest BCUT2D eigenvalue weighted by Crippen LogP contribution is 2.14. The molecule has 0 saturated heterocycles. The third kappa shape index (κ3) is 3.82. The van der Waals surface area contributed by atoms with Crippen molar-refractivity contribution in [2.45, 2.75) is 37.6 Å². The average Bonchev–Trinajstić information content (AvgIpc) is 2.29. The number of carbonyl (C=O) groups excluding carboxylic acids is 1. The van der Waals surface area contributed by atoms with Gasteiger partial charge >= 0.3 is 16.1 Å². The Bertz CT molecular complexity index is 507. The Morgan fingerprint density at radius 3 is 2.39 bits per heavy atom. The van der Waals surface area contributed by atoms with Crippen LogP contribution in [0.5, 0.6) is 0 Å². The van der Waals surface area contributed by atoms with E-state index in [9.17, 15) is 13.2 Å². The molecule has 100 valence electrons. The van der Waals surface area contributed by atoms with Gasteiger partial charge in [-0.05, 0) is 25.5 Å². The maximum Gasteiger partial charge on any atom is 0.341 e. The molecule has 0 saturated carbocycles. The molecule has 1 aromatic carbocycles. The number of rotatable bonds is 5. The predicted molar refractivity (Wildman–Crippen MR) is 67.3 cm³/mol. The minimum atomic E-state index is -4.07. The fourth-order valence-electron chi connectivity index (χ4n) is 1.35. The molecule has 5 nitrogen and oxygen atoms in total. The van der Waals surface area contributed by atoms with E-state index in [0.29, 0.717) is 12.8 Å². The minimum absolute atomic E-state index is 0.0508.